The number of nitrogens with zero attached hydrogens (tertiary/aromatic N) is 1. The molecule has 0 radical (unpaired) electrons. The van der Waals surface area contributed by atoms with Crippen LogP contribution in [0.5, 0.6) is 0 Å². The Balaban J connectivity index is 1.57. The van der Waals surface area contributed by atoms with E-state index in [1.807, 2.05) is 24.3 Å². The molecule has 1 aromatic carbocycles. The van der Waals surface area contributed by atoms with Crippen LogP contribution in [0, 0.1) is 5.92 Å². The van der Waals surface area contributed by atoms with Gasteiger partial charge in [-0.15, -0.1) is 0 Å². The van der Waals surface area contributed by atoms with Crippen molar-refractivity contribution in [2.75, 3.05) is 0 Å². The number of benzene rings is 1. The van der Waals surface area contributed by atoms with Crippen molar-refractivity contribution in [3.8, 4) is 11.3 Å². The summed E-state index contributed by atoms with van der Waals surface area (Å²) >= 11 is 3.43. The minimum Gasteiger partial charge on any atom is -0.481 e. The Morgan fingerprint density at radius 3 is 2.57 bits per heavy atom. The van der Waals surface area contributed by atoms with Crippen molar-refractivity contribution in [2.24, 2.45) is 5.92 Å². The van der Waals surface area contributed by atoms with E-state index in [1.165, 1.54) is 0 Å². The second-order valence-electron chi connectivity index (χ2n) is 5.86. The molecule has 0 aliphatic heterocycles. The van der Waals surface area contributed by atoms with Gasteiger partial charge in [0.15, 0.2) is 10.6 Å². The molecule has 5 heteroatoms. The third-order valence-corrected chi connectivity index (χ3v) is 4.79. The summed E-state index contributed by atoms with van der Waals surface area (Å²) in [6.45, 7) is 0. The lowest BCUT2D eigenvalue weighted by Gasteiger charge is -2.01. The molecule has 2 saturated carbocycles. The largest absolute Gasteiger partial charge is 0.481 e. The lowest BCUT2D eigenvalue weighted by atomic mass is 10.1. The van der Waals surface area contributed by atoms with Gasteiger partial charge in [-0.25, -0.2) is 4.98 Å². The summed E-state index contributed by atoms with van der Waals surface area (Å²) in [4.78, 5) is 15.5. The Morgan fingerprint density at radius 1 is 1.29 bits per heavy atom. The molecule has 21 heavy (non-hydrogen) atoms. The summed E-state index contributed by atoms with van der Waals surface area (Å²) in [5.74, 6) is 0.555. The number of carbonyl (C=O) groups is 1. The van der Waals surface area contributed by atoms with Crippen LogP contribution in [0.2, 0.25) is 0 Å². The average molecular weight is 348 g/mol. The molecule has 4 nitrogen and oxygen atoms in total. The fourth-order valence-corrected chi connectivity index (χ4v) is 3.21. The minimum atomic E-state index is -0.697. The zero-order chi connectivity index (χ0) is 14.6. The van der Waals surface area contributed by atoms with Gasteiger partial charge >= 0.3 is 5.97 Å². The first-order chi connectivity index (χ1) is 10.1. The monoisotopic (exact) mass is 347 g/mol. The van der Waals surface area contributed by atoms with Gasteiger partial charge in [-0.2, -0.15) is 0 Å². The molecule has 2 aromatic rings. The fourth-order valence-electron chi connectivity index (χ4n) is 2.72. The Bertz CT molecular complexity index is 703. The molecular weight excluding hydrogens is 334 g/mol. The first kappa shape index (κ1) is 13.1. The summed E-state index contributed by atoms with van der Waals surface area (Å²) in [7, 11) is 0. The molecule has 108 valence electrons. The van der Waals surface area contributed by atoms with Gasteiger partial charge in [-0.3, -0.25) is 4.79 Å². The summed E-state index contributed by atoms with van der Waals surface area (Å²) < 4.78 is 6.33. The van der Waals surface area contributed by atoms with E-state index >= 15 is 0 Å². The number of oxazole rings is 1. The highest BCUT2D eigenvalue weighted by molar-refractivity contribution is 9.10. The van der Waals surface area contributed by atoms with Crippen molar-refractivity contribution < 1.29 is 14.3 Å². The smallest absolute Gasteiger partial charge is 0.307 e. The van der Waals surface area contributed by atoms with Gasteiger partial charge in [0.25, 0.3) is 0 Å². The van der Waals surface area contributed by atoms with E-state index in [1.54, 1.807) is 0 Å². The highest BCUT2D eigenvalue weighted by Crippen LogP contribution is 2.48. The molecule has 1 heterocycles. The van der Waals surface area contributed by atoms with Gasteiger partial charge < -0.3 is 9.52 Å². The Morgan fingerprint density at radius 2 is 2.00 bits per heavy atom. The van der Waals surface area contributed by atoms with Gasteiger partial charge in [-0.1, -0.05) is 24.3 Å². The summed E-state index contributed by atoms with van der Waals surface area (Å²) in [5, 5.41) is 8.99. The topological polar surface area (TPSA) is 63.3 Å². The summed E-state index contributed by atoms with van der Waals surface area (Å²) in [5.41, 5.74) is 2.91. The molecule has 1 N–H and O–H groups in total. The van der Waals surface area contributed by atoms with Crippen molar-refractivity contribution in [3.05, 3.63) is 40.4 Å². The Labute approximate surface area is 130 Å². The molecule has 2 aliphatic rings. The normalized spacial score (nSPS) is 24.0. The molecule has 4 rings (SSSR count). The van der Waals surface area contributed by atoms with Crippen LogP contribution in [-0.2, 0) is 4.79 Å². The number of aliphatic carboxylic acids is 1. The molecule has 0 saturated heterocycles. The number of aromatic nitrogens is 1. The van der Waals surface area contributed by atoms with Crippen LogP contribution in [0.1, 0.15) is 42.6 Å². The first-order valence-electron chi connectivity index (χ1n) is 7.13. The van der Waals surface area contributed by atoms with Crippen LogP contribution < -0.4 is 0 Å². The number of carboxylic acids is 1. The van der Waals surface area contributed by atoms with Crippen LogP contribution in [0.15, 0.2) is 33.4 Å². The highest BCUT2D eigenvalue weighted by atomic mass is 79.9. The van der Waals surface area contributed by atoms with Crippen molar-refractivity contribution in [3.63, 3.8) is 0 Å². The van der Waals surface area contributed by atoms with E-state index in [-0.39, 0.29) is 11.8 Å². The molecule has 2 atom stereocenters. The van der Waals surface area contributed by atoms with Crippen molar-refractivity contribution in [1.82, 2.24) is 4.98 Å². The van der Waals surface area contributed by atoms with Gasteiger partial charge in [0, 0.05) is 11.5 Å². The maximum Gasteiger partial charge on any atom is 0.307 e. The number of halogens is 1. The van der Waals surface area contributed by atoms with E-state index in [0.717, 1.165) is 42.0 Å². The highest BCUT2D eigenvalue weighted by Gasteiger charge is 2.44. The van der Waals surface area contributed by atoms with E-state index in [2.05, 4.69) is 20.9 Å². The molecular formula is C16H14BrNO3. The second-order valence-corrected chi connectivity index (χ2v) is 6.58. The van der Waals surface area contributed by atoms with Crippen LogP contribution in [-0.4, -0.2) is 16.1 Å². The van der Waals surface area contributed by atoms with Crippen LogP contribution in [0.4, 0.5) is 0 Å². The van der Waals surface area contributed by atoms with E-state index < -0.39 is 5.97 Å². The number of rotatable bonds is 4. The van der Waals surface area contributed by atoms with E-state index in [9.17, 15) is 4.79 Å². The van der Waals surface area contributed by atoms with Gasteiger partial charge in [-0.05, 0) is 46.7 Å². The predicted molar refractivity (Wildman–Crippen MR) is 80.1 cm³/mol. The van der Waals surface area contributed by atoms with Crippen molar-refractivity contribution in [1.29, 1.82) is 0 Å². The summed E-state index contributed by atoms with van der Waals surface area (Å²) in [6.07, 6.45) is 3.06. The molecule has 2 aliphatic carbocycles. The molecule has 1 aromatic heterocycles. The fraction of sp³-hybridized carbons (Fsp3) is 0.375. The number of hydrogen-bond donors (Lipinski definition) is 1. The van der Waals surface area contributed by atoms with Crippen LogP contribution in [0.25, 0.3) is 11.3 Å². The Kier molecular flexibility index (Phi) is 2.92. The quantitative estimate of drug-likeness (QED) is 0.901. The number of carboxylic acid groups (broad SMARTS) is 1. The lowest BCUT2D eigenvalue weighted by Crippen LogP contribution is -1.98. The maximum atomic E-state index is 10.9. The molecule has 2 fully saturated rings. The van der Waals surface area contributed by atoms with Crippen LogP contribution in [0.3, 0.4) is 0 Å². The third kappa shape index (κ3) is 2.39. The molecule has 0 spiro atoms. The third-order valence-electron chi connectivity index (χ3n) is 4.25. The van der Waals surface area contributed by atoms with E-state index in [4.69, 9.17) is 9.52 Å². The van der Waals surface area contributed by atoms with Gasteiger partial charge in [0.05, 0.1) is 5.92 Å². The van der Waals surface area contributed by atoms with Gasteiger partial charge in [0.1, 0.15) is 5.69 Å². The predicted octanol–water partition coefficient (Wildman–Crippen LogP) is 4.17. The molecule has 0 amide bonds. The second kappa shape index (κ2) is 4.70. The van der Waals surface area contributed by atoms with E-state index in [0.29, 0.717) is 10.6 Å². The minimum absolute atomic E-state index is 0.166. The Hall–Kier alpha value is -1.62. The van der Waals surface area contributed by atoms with Crippen molar-refractivity contribution in [2.45, 2.75) is 31.1 Å². The SMILES string of the molecule is O=C(O)[C@H]1C[C@@H]1c1ccc(-c2nc(C3CC3)oc2Br)cc1. The zero-order valence-corrected chi connectivity index (χ0v) is 12.8. The maximum absolute atomic E-state index is 10.9. The standard InChI is InChI=1S/C16H14BrNO3/c17-14-13(18-15(21-14)10-5-6-10)9-3-1-8(2-4-9)11-7-12(11)16(19)20/h1-4,10-12H,5-7H2,(H,19,20)/t11-,12+/m1/s1. The number of hydrogen-bond acceptors (Lipinski definition) is 3. The lowest BCUT2D eigenvalue weighted by molar-refractivity contribution is -0.138. The van der Waals surface area contributed by atoms with Crippen molar-refractivity contribution >= 4 is 21.9 Å². The average Bonchev–Trinajstić information content (AvgIpc) is 3.36. The molecule has 0 unspecified atom stereocenters. The van der Waals surface area contributed by atoms with Crippen LogP contribution >= 0.6 is 15.9 Å². The molecule has 0 bridgehead atoms. The summed E-state index contributed by atoms with van der Waals surface area (Å²) in [6, 6.07) is 7.99. The van der Waals surface area contributed by atoms with Gasteiger partial charge in [0.2, 0.25) is 0 Å². The zero-order valence-electron chi connectivity index (χ0n) is 11.3. The first-order valence-corrected chi connectivity index (χ1v) is 7.92.